The summed E-state index contributed by atoms with van der Waals surface area (Å²) in [7, 11) is 1.90. The fourth-order valence-electron chi connectivity index (χ4n) is 4.43. The minimum atomic E-state index is -1.14. The number of hydrogen-bond donors (Lipinski definition) is 4. The summed E-state index contributed by atoms with van der Waals surface area (Å²) >= 11 is 0. The number of nitrogens with zero attached hydrogens (tertiary/aromatic N) is 6. The van der Waals surface area contributed by atoms with Gasteiger partial charge in [0.15, 0.2) is 0 Å². The highest BCUT2D eigenvalue weighted by Gasteiger charge is 2.21. The third-order valence-corrected chi connectivity index (χ3v) is 6.52. The summed E-state index contributed by atoms with van der Waals surface area (Å²) < 4.78 is 7.37. The topological polar surface area (TPSA) is 142 Å². The van der Waals surface area contributed by atoms with Crippen LogP contribution in [0.2, 0.25) is 0 Å². The van der Waals surface area contributed by atoms with Crippen LogP contribution in [0.4, 0.5) is 29.0 Å². The second-order valence-electron chi connectivity index (χ2n) is 9.97. The number of carbonyl (C=O) groups excluding carboxylic acids is 1. The van der Waals surface area contributed by atoms with E-state index in [1.807, 2.05) is 30.1 Å². The van der Waals surface area contributed by atoms with Crippen molar-refractivity contribution in [3.8, 4) is 0 Å². The molecule has 0 radical (unpaired) electrons. The van der Waals surface area contributed by atoms with Gasteiger partial charge in [0.25, 0.3) is 5.91 Å². The van der Waals surface area contributed by atoms with Crippen LogP contribution in [0.1, 0.15) is 29.9 Å². The first-order chi connectivity index (χ1) is 19.2. The Morgan fingerprint density at radius 3 is 2.73 bits per heavy atom. The molecular weight excluding hydrogens is 510 g/mol. The van der Waals surface area contributed by atoms with Crippen molar-refractivity contribution in [3.05, 3.63) is 66.6 Å². The Hall–Kier alpha value is -4.55. The maximum atomic E-state index is 12.9. The lowest BCUT2D eigenvalue weighted by Crippen LogP contribution is -2.36. The maximum Gasteiger partial charge on any atom is 0.256 e. The number of benzene rings is 1. The largest absolute Gasteiger partial charge is 0.384 e. The van der Waals surface area contributed by atoms with Gasteiger partial charge in [0.2, 0.25) is 5.95 Å². The number of aliphatic hydroxyl groups is 1. The van der Waals surface area contributed by atoms with Crippen molar-refractivity contribution in [2.75, 3.05) is 48.4 Å². The zero-order valence-corrected chi connectivity index (χ0v) is 22.8. The minimum Gasteiger partial charge on any atom is -0.384 e. The number of aryl methyl sites for hydroxylation is 1. The Labute approximate surface area is 232 Å². The Bertz CT molecular complexity index is 1540. The number of rotatable bonds is 9. The molecule has 208 valence electrons. The van der Waals surface area contributed by atoms with E-state index >= 15 is 0 Å². The lowest BCUT2D eigenvalue weighted by atomic mass is 10.1. The van der Waals surface area contributed by atoms with Crippen LogP contribution in [0.25, 0.3) is 10.9 Å². The lowest BCUT2D eigenvalue weighted by Gasteiger charge is -2.29. The van der Waals surface area contributed by atoms with Crippen LogP contribution in [-0.2, 0) is 17.4 Å². The summed E-state index contributed by atoms with van der Waals surface area (Å²) in [6.45, 7) is 10.1. The Morgan fingerprint density at radius 2 is 1.98 bits per heavy atom. The zero-order valence-electron chi connectivity index (χ0n) is 22.8. The van der Waals surface area contributed by atoms with Gasteiger partial charge in [0.05, 0.1) is 30.6 Å². The third kappa shape index (κ3) is 5.87. The summed E-state index contributed by atoms with van der Waals surface area (Å²) in [5.41, 5.74) is 2.35. The van der Waals surface area contributed by atoms with Crippen LogP contribution in [-0.4, -0.2) is 68.6 Å². The Kier molecular flexibility index (Phi) is 7.63. The first kappa shape index (κ1) is 27.0. The number of aromatic nitrogens is 5. The maximum absolute atomic E-state index is 12.9. The number of hydrogen-bond acceptors (Lipinski definition) is 10. The SMILES string of the molecule is C=CCNC(=O)c1cnc(Nc2cc(N3CCOCC3)c3cnn(C)c3c2)nc1Nc1cccc(C(C)(C)O)n1. The highest BCUT2D eigenvalue weighted by molar-refractivity contribution is 5.99. The number of nitrogens with one attached hydrogen (secondary N) is 3. The fraction of sp³-hybridized carbons (Fsp3) is 0.321. The smallest absolute Gasteiger partial charge is 0.256 e. The Balaban J connectivity index is 1.50. The second-order valence-corrected chi connectivity index (χ2v) is 9.97. The zero-order chi connectivity index (χ0) is 28.3. The number of fused-ring (bicyclic) bond motifs is 1. The van der Waals surface area contributed by atoms with Crippen molar-refractivity contribution in [1.29, 1.82) is 0 Å². The van der Waals surface area contributed by atoms with E-state index in [4.69, 9.17) is 4.74 Å². The molecular formula is C28H33N9O3. The molecule has 12 nitrogen and oxygen atoms in total. The molecule has 1 saturated heterocycles. The molecule has 12 heteroatoms. The van der Waals surface area contributed by atoms with Gasteiger partial charge in [0.1, 0.15) is 22.8 Å². The molecule has 40 heavy (non-hydrogen) atoms. The molecule has 4 N–H and O–H groups in total. The monoisotopic (exact) mass is 543 g/mol. The summed E-state index contributed by atoms with van der Waals surface area (Å²) in [5.74, 6) is 0.608. The van der Waals surface area contributed by atoms with Crippen LogP contribution in [0.3, 0.4) is 0 Å². The summed E-state index contributed by atoms with van der Waals surface area (Å²) in [4.78, 5) is 28.7. The van der Waals surface area contributed by atoms with Gasteiger partial charge in [0, 0.05) is 49.6 Å². The van der Waals surface area contributed by atoms with E-state index in [0.29, 0.717) is 31.3 Å². The number of amides is 1. The van der Waals surface area contributed by atoms with E-state index < -0.39 is 5.60 Å². The molecule has 3 aromatic heterocycles. The van der Waals surface area contributed by atoms with E-state index in [2.05, 4.69) is 47.5 Å². The molecule has 1 aliphatic heterocycles. The van der Waals surface area contributed by atoms with Gasteiger partial charge in [-0.3, -0.25) is 9.48 Å². The molecule has 0 bridgehead atoms. The van der Waals surface area contributed by atoms with Gasteiger partial charge in [-0.1, -0.05) is 12.1 Å². The standard InChI is InChI=1S/C28H33N9O3/c1-5-9-29-26(38)20-16-30-27(35-25(20)34-24-8-6-7-23(33-24)28(2,3)39)32-18-14-21-19(17-31-36(21)4)22(15-18)37-10-12-40-13-11-37/h5-8,14-17,39H,1,9-13H2,2-4H3,(H,29,38)(H2,30,32,33,34,35). The fourth-order valence-corrected chi connectivity index (χ4v) is 4.43. The molecule has 1 fully saturated rings. The van der Waals surface area contributed by atoms with Gasteiger partial charge in [-0.25, -0.2) is 9.97 Å². The van der Waals surface area contributed by atoms with Gasteiger partial charge >= 0.3 is 0 Å². The number of ether oxygens (including phenoxy) is 1. The van der Waals surface area contributed by atoms with Crippen LogP contribution in [0.5, 0.6) is 0 Å². The second kappa shape index (κ2) is 11.3. The molecule has 1 amide bonds. The van der Waals surface area contributed by atoms with Crippen molar-refractivity contribution in [2.24, 2.45) is 7.05 Å². The normalized spacial score (nSPS) is 13.8. The summed E-state index contributed by atoms with van der Waals surface area (Å²) in [6.07, 6.45) is 4.92. The van der Waals surface area contributed by atoms with Gasteiger partial charge in [-0.05, 0) is 38.1 Å². The molecule has 0 saturated carbocycles. The molecule has 5 rings (SSSR count). The van der Waals surface area contributed by atoms with Crippen LogP contribution in [0.15, 0.2) is 55.4 Å². The van der Waals surface area contributed by atoms with Crippen LogP contribution < -0.4 is 20.9 Å². The van der Waals surface area contributed by atoms with Crippen LogP contribution in [0, 0.1) is 0 Å². The van der Waals surface area contributed by atoms with Crippen molar-refractivity contribution < 1.29 is 14.6 Å². The van der Waals surface area contributed by atoms with Gasteiger partial charge < -0.3 is 30.7 Å². The number of carbonyl (C=O) groups is 1. The van der Waals surface area contributed by atoms with Crippen molar-refractivity contribution in [1.82, 2.24) is 30.0 Å². The Morgan fingerprint density at radius 1 is 1.18 bits per heavy atom. The van der Waals surface area contributed by atoms with Crippen molar-refractivity contribution in [3.63, 3.8) is 0 Å². The minimum absolute atomic E-state index is 0.235. The van der Waals surface area contributed by atoms with Crippen molar-refractivity contribution in [2.45, 2.75) is 19.4 Å². The summed E-state index contributed by atoms with van der Waals surface area (Å²) in [6, 6.07) is 9.28. The van der Waals surface area contributed by atoms with Gasteiger partial charge in [-0.2, -0.15) is 10.1 Å². The first-order valence-corrected chi connectivity index (χ1v) is 13.0. The van der Waals surface area contributed by atoms with E-state index in [0.717, 1.165) is 35.4 Å². The average molecular weight is 544 g/mol. The highest BCUT2D eigenvalue weighted by atomic mass is 16.5. The first-order valence-electron chi connectivity index (χ1n) is 13.0. The van der Waals surface area contributed by atoms with E-state index in [-0.39, 0.29) is 23.2 Å². The number of pyridine rings is 1. The summed E-state index contributed by atoms with van der Waals surface area (Å²) in [5, 5.41) is 25.1. The molecule has 0 unspecified atom stereocenters. The molecule has 0 atom stereocenters. The molecule has 4 heterocycles. The molecule has 0 aliphatic carbocycles. The van der Waals surface area contributed by atoms with Gasteiger partial charge in [-0.15, -0.1) is 6.58 Å². The van der Waals surface area contributed by atoms with Crippen molar-refractivity contribution >= 4 is 45.8 Å². The molecule has 4 aromatic rings. The quantitative estimate of drug-likeness (QED) is 0.232. The molecule has 1 aromatic carbocycles. The van der Waals surface area contributed by atoms with Crippen LogP contribution >= 0.6 is 0 Å². The predicted molar refractivity (Wildman–Crippen MR) is 154 cm³/mol. The number of morpholine rings is 1. The third-order valence-electron chi connectivity index (χ3n) is 6.52. The molecule has 0 spiro atoms. The molecule has 1 aliphatic rings. The predicted octanol–water partition coefficient (Wildman–Crippen LogP) is 3.23. The number of anilines is 5. The lowest BCUT2D eigenvalue weighted by molar-refractivity contribution is 0.0740. The highest BCUT2D eigenvalue weighted by Crippen LogP contribution is 2.32. The average Bonchev–Trinajstić information content (AvgIpc) is 3.32. The van der Waals surface area contributed by atoms with E-state index in [1.54, 1.807) is 38.1 Å². The van der Waals surface area contributed by atoms with E-state index in [9.17, 15) is 9.90 Å². The van der Waals surface area contributed by atoms with E-state index in [1.165, 1.54) is 6.20 Å².